The number of likely N-dealkylation sites (tertiary alicyclic amines) is 1. The van der Waals surface area contributed by atoms with Gasteiger partial charge in [-0.2, -0.15) is 0 Å². The van der Waals surface area contributed by atoms with Gasteiger partial charge in [0.2, 0.25) is 0 Å². The topological polar surface area (TPSA) is 81.0 Å². The number of hydrogen-bond acceptors (Lipinski definition) is 5. The van der Waals surface area contributed by atoms with Gasteiger partial charge in [-0.15, -0.1) is 0 Å². The summed E-state index contributed by atoms with van der Waals surface area (Å²) in [7, 11) is 0. The molecule has 22 heavy (non-hydrogen) atoms. The van der Waals surface area contributed by atoms with E-state index in [1.807, 2.05) is 35.2 Å². The van der Waals surface area contributed by atoms with Crippen LogP contribution in [0.4, 0.5) is 0 Å². The Kier molecular flexibility index (Phi) is 8.70. The van der Waals surface area contributed by atoms with E-state index in [9.17, 15) is 20.1 Å². The molecule has 1 aliphatic rings. The largest absolute Gasteiger partial charge is 0.396 e. The number of aliphatic hydroxyl groups excluding tert-OH is 3. The average Bonchev–Trinajstić information content (AvgIpc) is 2.86. The van der Waals surface area contributed by atoms with E-state index in [0.717, 1.165) is 5.56 Å². The Hall–Kier alpha value is 0.172. The van der Waals surface area contributed by atoms with Gasteiger partial charge >= 0.3 is 0 Å². The van der Waals surface area contributed by atoms with Crippen LogP contribution in [0.1, 0.15) is 18.9 Å². The predicted molar refractivity (Wildman–Crippen MR) is 78.5 cm³/mol. The Morgan fingerprint density at radius 1 is 1.32 bits per heavy atom. The number of aliphatic hydroxyl groups is 3. The maximum absolute atomic E-state index is 11.9. The molecule has 6 heteroatoms. The van der Waals surface area contributed by atoms with Crippen molar-refractivity contribution in [2.75, 3.05) is 13.2 Å². The monoisotopic (exact) mass is 520 g/mol. The van der Waals surface area contributed by atoms with Crippen LogP contribution in [0.25, 0.3) is 0 Å². The van der Waals surface area contributed by atoms with Gasteiger partial charge in [0.05, 0.1) is 18.8 Å². The average molecular weight is 520 g/mol. The van der Waals surface area contributed by atoms with Crippen molar-refractivity contribution in [2.45, 2.75) is 38.1 Å². The van der Waals surface area contributed by atoms with E-state index in [2.05, 4.69) is 0 Å². The molecule has 1 fully saturated rings. The number of ketones is 1. The van der Waals surface area contributed by atoms with Crippen molar-refractivity contribution in [1.29, 1.82) is 0 Å². The van der Waals surface area contributed by atoms with Crippen molar-refractivity contribution in [3.8, 4) is 0 Å². The molecule has 1 aromatic carbocycles. The zero-order valence-electron chi connectivity index (χ0n) is 12.8. The summed E-state index contributed by atoms with van der Waals surface area (Å²) in [4.78, 5) is 13.8. The van der Waals surface area contributed by atoms with Gasteiger partial charge in [-0.3, -0.25) is 9.69 Å². The summed E-state index contributed by atoms with van der Waals surface area (Å²) >= 11 is 0. The Morgan fingerprint density at radius 3 is 2.45 bits per heavy atom. The smallest absolute Gasteiger partial charge is 0.146 e. The maximum atomic E-state index is 11.9. The number of carbonyl (C=O) groups excluding carboxylic acids is 1. The molecule has 1 aromatic rings. The Morgan fingerprint density at radius 2 is 1.95 bits per heavy atom. The maximum Gasteiger partial charge on any atom is 0.146 e. The van der Waals surface area contributed by atoms with Gasteiger partial charge < -0.3 is 15.3 Å². The first kappa shape index (κ1) is 20.2. The molecule has 1 radical (unpaired) electrons. The van der Waals surface area contributed by atoms with E-state index >= 15 is 0 Å². The molecule has 0 aromatic heterocycles. The molecule has 0 aliphatic carbocycles. The number of hydrogen-bond donors (Lipinski definition) is 3. The molecule has 0 bridgehead atoms. The second-order valence-electron chi connectivity index (χ2n) is 5.70. The van der Waals surface area contributed by atoms with Crippen LogP contribution < -0.4 is 0 Å². The Labute approximate surface area is 166 Å². The fourth-order valence-electron chi connectivity index (χ4n) is 3.28. The molecule has 119 valence electrons. The number of benzene rings is 1. The number of Topliss-reactive ketones (excluding diaryl/α,β-unsaturated/α-hetero) is 1. The zero-order valence-corrected chi connectivity index (χ0v) is 17.5. The molecule has 4 atom stereocenters. The Balaban J connectivity index is 0.00000242. The molecule has 2 rings (SSSR count). The van der Waals surface area contributed by atoms with E-state index in [-0.39, 0.29) is 75.0 Å². The first-order chi connectivity index (χ1) is 10.1. The third kappa shape index (κ3) is 4.59. The van der Waals surface area contributed by atoms with Crippen LogP contribution >= 0.6 is 0 Å². The SMILES string of the molecule is CC(=O)C1CC(CO)C(C(O)CO)N1Cc1ccccc1.[Ac]. The van der Waals surface area contributed by atoms with E-state index < -0.39 is 12.1 Å². The van der Waals surface area contributed by atoms with Crippen molar-refractivity contribution >= 4 is 5.78 Å². The third-order valence-corrected chi connectivity index (χ3v) is 4.29. The summed E-state index contributed by atoms with van der Waals surface area (Å²) < 4.78 is 0. The van der Waals surface area contributed by atoms with Gasteiger partial charge in [0, 0.05) is 69.2 Å². The minimum absolute atomic E-state index is 0. The second kappa shape index (κ2) is 9.46. The second-order valence-corrected chi connectivity index (χ2v) is 5.70. The third-order valence-electron chi connectivity index (χ3n) is 4.29. The van der Waals surface area contributed by atoms with E-state index in [1.54, 1.807) is 0 Å². The molecule has 1 heterocycles. The summed E-state index contributed by atoms with van der Waals surface area (Å²) in [5, 5.41) is 28.9. The van der Waals surface area contributed by atoms with Crippen LogP contribution in [0, 0.1) is 50.0 Å². The standard InChI is InChI=1S/C16H23NO4.Ac/c1-11(20)14-7-13(9-18)16(15(21)10-19)17(14)8-12-5-3-2-4-6-12;/h2-6,13-16,18-19,21H,7-10H2,1H3;. The minimum Gasteiger partial charge on any atom is -0.396 e. The molecule has 3 N–H and O–H groups in total. The molecular weight excluding hydrogens is 497 g/mol. The number of nitrogens with zero attached hydrogens (tertiary/aromatic N) is 1. The molecule has 5 nitrogen and oxygen atoms in total. The van der Waals surface area contributed by atoms with Crippen LogP contribution in [0.3, 0.4) is 0 Å². The predicted octanol–water partition coefficient (Wildman–Crippen LogP) is 0.180. The van der Waals surface area contributed by atoms with E-state index in [4.69, 9.17) is 0 Å². The molecule has 1 aliphatic heterocycles. The number of rotatable bonds is 6. The van der Waals surface area contributed by atoms with Crippen molar-refractivity contribution in [3.63, 3.8) is 0 Å². The van der Waals surface area contributed by atoms with E-state index in [0.29, 0.717) is 13.0 Å². The first-order valence-corrected chi connectivity index (χ1v) is 7.28. The van der Waals surface area contributed by atoms with Crippen LogP contribution in [0.15, 0.2) is 30.3 Å². The van der Waals surface area contributed by atoms with Crippen molar-refractivity contribution in [3.05, 3.63) is 35.9 Å². The van der Waals surface area contributed by atoms with E-state index in [1.165, 1.54) is 6.92 Å². The summed E-state index contributed by atoms with van der Waals surface area (Å²) in [5.41, 5.74) is 1.04. The van der Waals surface area contributed by atoms with Gasteiger partial charge in [0.25, 0.3) is 0 Å². The fourth-order valence-corrected chi connectivity index (χ4v) is 3.28. The van der Waals surface area contributed by atoms with Crippen molar-refractivity contribution in [2.24, 2.45) is 5.92 Å². The summed E-state index contributed by atoms with van der Waals surface area (Å²) in [6.07, 6.45) is -0.448. The van der Waals surface area contributed by atoms with Crippen LogP contribution in [-0.4, -0.2) is 57.4 Å². The molecule has 0 spiro atoms. The van der Waals surface area contributed by atoms with Crippen molar-refractivity contribution in [1.82, 2.24) is 4.90 Å². The molecule has 0 saturated carbocycles. The molecular formula is C16H23AcNO4. The molecule has 0 amide bonds. The summed E-state index contributed by atoms with van der Waals surface area (Å²) in [6.45, 7) is 1.57. The van der Waals surface area contributed by atoms with Crippen molar-refractivity contribution < 1.29 is 64.2 Å². The van der Waals surface area contributed by atoms with Gasteiger partial charge in [-0.1, -0.05) is 30.3 Å². The van der Waals surface area contributed by atoms with Crippen LogP contribution in [0.2, 0.25) is 0 Å². The van der Waals surface area contributed by atoms with Crippen LogP contribution in [0.5, 0.6) is 0 Å². The first-order valence-electron chi connectivity index (χ1n) is 7.28. The molecule has 1 saturated heterocycles. The summed E-state index contributed by atoms with van der Waals surface area (Å²) in [5.74, 6) is -0.179. The normalized spacial score (nSPS) is 26.5. The zero-order chi connectivity index (χ0) is 15.4. The summed E-state index contributed by atoms with van der Waals surface area (Å²) in [6, 6.07) is 8.97. The van der Waals surface area contributed by atoms with Gasteiger partial charge in [0.1, 0.15) is 5.78 Å². The number of carbonyl (C=O) groups is 1. The van der Waals surface area contributed by atoms with Gasteiger partial charge in [-0.25, -0.2) is 0 Å². The Bertz CT molecular complexity index is 470. The van der Waals surface area contributed by atoms with Crippen LogP contribution in [-0.2, 0) is 11.3 Å². The fraction of sp³-hybridized carbons (Fsp3) is 0.562. The van der Waals surface area contributed by atoms with Gasteiger partial charge in [-0.05, 0) is 18.9 Å². The quantitative estimate of drug-likeness (QED) is 0.499. The molecule has 4 unspecified atom stereocenters. The van der Waals surface area contributed by atoms with Gasteiger partial charge in [0.15, 0.2) is 0 Å². The minimum atomic E-state index is -0.963.